The predicted molar refractivity (Wildman–Crippen MR) is 115 cm³/mol. The van der Waals surface area contributed by atoms with Crippen LogP contribution in [0.3, 0.4) is 0 Å². The third kappa shape index (κ3) is 5.48. The lowest BCUT2D eigenvalue weighted by atomic mass is 10.0. The summed E-state index contributed by atoms with van der Waals surface area (Å²) in [6.45, 7) is 2.76. The smallest absolute Gasteiger partial charge is 0.259 e. The Hall–Kier alpha value is -3.05. The second kappa shape index (κ2) is 9.94. The van der Waals surface area contributed by atoms with Gasteiger partial charge in [0.1, 0.15) is 17.3 Å². The van der Waals surface area contributed by atoms with E-state index in [4.69, 9.17) is 9.15 Å². The molecule has 1 N–H and O–H groups in total. The molecule has 0 fully saturated rings. The summed E-state index contributed by atoms with van der Waals surface area (Å²) < 4.78 is 11.8. The Morgan fingerprint density at radius 1 is 1.03 bits per heavy atom. The van der Waals surface area contributed by atoms with Crippen molar-refractivity contribution < 1.29 is 13.9 Å². The van der Waals surface area contributed by atoms with Crippen molar-refractivity contribution in [2.75, 3.05) is 20.7 Å². The molecule has 1 amide bonds. The summed E-state index contributed by atoms with van der Waals surface area (Å²) >= 11 is 0. The molecule has 0 bridgehead atoms. The molecule has 152 valence electrons. The number of hydrogen-bond donors (Lipinski definition) is 1. The maximum Gasteiger partial charge on any atom is 0.259 e. The van der Waals surface area contributed by atoms with E-state index in [9.17, 15) is 4.79 Å². The lowest BCUT2D eigenvalue weighted by Crippen LogP contribution is -2.28. The van der Waals surface area contributed by atoms with E-state index >= 15 is 0 Å². The zero-order chi connectivity index (χ0) is 20.6. The Balaban J connectivity index is 1.66. The zero-order valence-corrected chi connectivity index (χ0v) is 17.2. The number of ether oxygens (including phenoxy) is 1. The first-order chi connectivity index (χ1) is 14.1. The topological polar surface area (TPSA) is 54.7 Å². The van der Waals surface area contributed by atoms with Gasteiger partial charge in [0.2, 0.25) is 0 Å². The average molecular weight is 392 g/mol. The van der Waals surface area contributed by atoms with E-state index in [1.54, 1.807) is 14.1 Å². The standard InChI is InChI=1S/C24H28N2O3/c1-4-21(20-12-8-9-13-23(20)28-17-24(27)26(2)3)25-16-19-14-15-22(29-19)18-10-6-5-7-11-18/h5-15,21,25H,4,16-17H2,1-3H3. The van der Waals surface area contributed by atoms with E-state index in [-0.39, 0.29) is 18.6 Å². The van der Waals surface area contributed by atoms with Crippen LogP contribution in [0.2, 0.25) is 0 Å². The lowest BCUT2D eigenvalue weighted by molar-refractivity contribution is -0.130. The van der Waals surface area contributed by atoms with Gasteiger partial charge in [-0.15, -0.1) is 0 Å². The van der Waals surface area contributed by atoms with Gasteiger partial charge in [-0.1, -0.05) is 55.5 Å². The second-order valence-corrected chi connectivity index (χ2v) is 7.09. The van der Waals surface area contributed by atoms with Gasteiger partial charge in [0.15, 0.2) is 6.61 Å². The van der Waals surface area contributed by atoms with Crippen LogP contribution < -0.4 is 10.1 Å². The Morgan fingerprint density at radius 2 is 1.76 bits per heavy atom. The van der Waals surface area contributed by atoms with Crippen molar-refractivity contribution in [3.05, 3.63) is 78.1 Å². The number of nitrogens with one attached hydrogen (secondary N) is 1. The molecule has 2 aromatic carbocycles. The molecule has 0 radical (unpaired) electrons. The molecule has 0 spiro atoms. The number of furan rings is 1. The van der Waals surface area contributed by atoms with E-state index < -0.39 is 0 Å². The average Bonchev–Trinajstić information content (AvgIpc) is 3.23. The number of para-hydroxylation sites is 1. The molecular weight excluding hydrogens is 364 g/mol. The molecule has 0 saturated heterocycles. The number of carbonyl (C=O) groups is 1. The summed E-state index contributed by atoms with van der Waals surface area (Å²) in [6.07, 6.45) is 0.883. The molecule has 1 unspecified atom stereocenters. The maximum absolute atomic E-state index is 11.9. The Kier molecular flexibility index (Phi) is 7.09. The lowest BCUT2D eigenvalue weighted by Gasteiger charge is -2.21. The maximum atomic E-state index is 11.9. The second-order valence-electron chi connectivity index (χ2n) is 7.09. The number of nitrogens with zero attached hydrogens (tertiary/aromatic N) is 1. The molecule has 0 saturated carbocycles. The molecule has 29 heavy (non-hydrogen) atoms. The summed E-state index contributed by atoms with van der Waals surface area (Å²) in [5.41, 5.74) is 2.10. The van der Waals surface area contributed by atoms with Gasteiger partial charge in [0.25, 0.3) is 5.91 Å². The van der Waals surface area contributed by atoms with Crippen molar-refractivity contribution in [3.63, 3.8) is 0 Å². The minimum atomic E-state index is -0.0650. The highest BCUT2D eigenvalue weighted by Gasteiger charge is 2.16. The number of hydrogen-bond acceptors (Lipinski definition) is 4. The first-order valence-electron chi connectivity index (χ1n) is 9.88. The third-order valence-corrected chi connectivity index (χ3v) is 4.80. The van der Waals surface area contributed by atoms with Crippen LogP contribution in [0.25, 0.3) is 11.3 Å². The fraction of sp³-hybridized carbons (Fsp3) is 0.292. The van der Waals surface area contributed by atoms with Crippen LogP contribution >= 0.6 is 0 Å². The first kappa shape index (κ1) is 20.7. The number of rotatable bonds is 9. The van der Waals surface area contributed by atoms with Crippen LogP contribution in [0.5, 0.6) is 5.75 Å². The van der Waals surface area contributed by atoms with Crippen molar-refractivity contribution in [3.8, 4) is 17.1 Å². The van der Waals surface area contributed by atoms with Gasteiger partial charge in [0, 0.05) is 31.3 Å². The van der Waals surface area contributed by atoms with Gasteiger partial charge in [-0.3, -0.25) is 4.79 Å². The van der Waals surface area contributed by atoms with Crippen LogP contribution in [0, 0.1) is 0 Å². The SMILES string of the molecule is CCC(NCc1ccc(-c2ccccc2)o1)c1ccccc1OCC(=O)N(C)C. The van der Waals surface area contributed by atoms with Gasteiger partial charge < -0.3 is 19.4 Å². The molecule has 5 nitrogen and oxygen atoms in total. The van der Waals surface area contributed by atoms with Crippen molar-refractivity contribution >= 4 is 5.91 Å². The summed E-state index contributed by atoms with van der Waals surface area (Å²) in [5.74, 6) is 2.40. The molecule has 0 aliphatic heterocycles. The highest BCUT2D eigenvalue weighted by atomic mass is 16.5. The Labute approximate surface area is 172 Å². The predicted octanol–water partition coefficient (Wildman–Crippen LogP) is 4.65. The monoisotopic (exact) mass is 392 g/mol. The largest absolute Gasteiger partial charge is 0.483 e. The van der Waals surface area contributed by atoms with Crippen LogP contribution in [0.4, 0.5) is 0 Å². The number of carbonyl (C=O) groups excluding carboxylic acids is 1. The van der Waals surface area contributed by atoms with Crippen LogP contribution in [-0.2, 0) is 11.3 Å². The molecule has 0 aliphatic rings. The number of amides is 1. The first-order valence-corrected chi connectivity index (χ1v) is 9.88. The Morgan fingerprint density at radius 3 is 2.48 bits per heavy atom. The minimum absolute atomic E-state index is 0.0269. The minimum Gasteiger partial charge on any atom is -0.483 e. The van der Waals surface area contributed by atoms with Crippen molar-refractivity contribution in [2.45, 2.75) is 25.9 Å². The van der Waals surface area contributed by atoms with Crippen molar-refractivity contribution in [1.82, 2.24) is 10.2 Å². The quantitative estimate of drug-likeness (QED) is 0.576. The van der Waals surface area contributed by atoms with Gasteiger partial charge in [-0.05, 0) is 24.6 Å². The summed E-state index contributed by atoms with van der Waals surface area (Å²) in [4.78, 5) is 13.4. The van der Waals surface area contributed by atoms with Gasteiger partial charge in [0.05, 0.1) is 6.54 Å². The fourth-order valence-electron chi connectivity index (χ4n) is 3.10. The third-order valence-electron chi connectivity index (χ3n) is 4.80. The molecule has 1 heterocycles. The van der Waals surface area contributed by atoms with Crippen LogP contribution in [0.15, 0.2) is 71.1 Å². The van der Waals surface area contributed by atoms with Crippen LogP contribution in [0.1, 0.15) is 30.7 Å². The molecular formula is C24H28N2O3. The molecule has 1 aromatic heterocycles. The van der Waals surface area contributed by atoms with Crippen molar-refractivity contribution in [2.24, 2.45) is 0 Å². The summed E-state index contributed by atoms with van der Waals surface area (Å²) in [5, 5.41) is 3.55. The molecule has 1 atom stereocenters. The molecule has 5 heteroatoms. The van der Waals surface area contributed by atoms with Gasteiger partial charge >= 0.3 is 0 Å². The van der Waals surface area contributed by atoms with Gasteiger partial charge in [-0.25, -0.2) is 0 Å². The zero-order valence-electron chi connectivity index (χ0n) is 17.2. The molecule has 0 aliphatic carbocycles. The van der Waals surface area contributed by atoms with E-state index in [0.29, 0.717) is 6.54 Å². The van der Waals surface area contributed by atoms with Crippen molar-refractivity contribution in [1.29, 1.82) is 0 Å². The van der Waals surface area contributed by atoms with E-state index in [0.717, 1.165) is 34.8 Å². The highest BCUT2D eigenvalue weighted by molar-refractivity contribution is 5.77. The highest BCUT2D eigenvalue weighted by Crippen LogP contribution is 2.28. The normalized spacial score (nSPS) is 11.8. The number of likely N-dealkylation sites (N-methyl/N-ethyl adjacent to an activating group) is 1. The summed E-state index contributed by atoms with van der Waals surface area (Å²) in [7, 11) is 3.45. The molecule has 3 rings (SSSR count). The fourth-order valence-corrected chi connectivity index (χ4v) is 3.10. The molecule has 3 aromatic rings. The van der Waals surface area contributed by atoms with Crippen LogP contribution in [-0.4, -0.2) is 31.5 Å². The van der Waals surface area contributed by atoms with Gasteiger partial charge in [-0.2, -0.15) is 0 Å². The number of benzene rings is 2. The van der Waals surface area contributed by atoms with E-state index in [2.05, 4.69) is 12.2 Å². The Bertz CT molecular complexity index is 919. The van der Waals surface area contributed by atoms with E-state index in [1.165, 1.54) is 4.90 Å². The summed E-state index contributed by atoms with van der Waals surface area (Å²) in [6, 6.07) is 22.0. The van der Waals surface area contributed by atoms with E-state index in [1.807, 2.05) is 66.7 Å².